The van der Waals surface area contributed by atoms with Gasteiger partial charge in [-0.15, -0.1) is 0 Å². The van der Waals surface area contributed by atoms with Crippen molar-refractivity contribution in [2.24, 2.45) is 5.92 Å². The van der Waals surface area contributed by atoms with Gasteiger partial charge in [-0.2, -0.15) is 0 Å². The normalized spacial score (nSPS) is 13.9. The topological polar surface area (TPSA) is 66.9 Å². The van der Waals surface area contributed by atoms with Crippen LogP contribution in [-0.2, 0) is 4.79 Å². The Morgan fingerprint density at radius 2 is 1.75 bits per heavy atom. The second-order valence-electron chi connectivity index (χ2n) is 6.91. The van der Waals surface area contributed by atoms with Crippen molar-refractivity contribution in [2.45, 2.75) is 19.3 Å². The summed E-state index contributed by atoms with van der Waals surface area (Å²) < 4.78 is 0. The fourth-order valence-electron chi connectivity index (χ4n) is 3.15. The lowest BCUT2D eigenvalue weighted by Gasteiger charge is -2.24. The summed E-state index contributed by atoms with van der Waals surface area (Å²) in [6, 6.07) is 12.9. The van der Waals surface area contributed by atoms with E-state index >= 15 is 0 Å². The van der Waals surface area contributed by atoms with Crippen LogP contribution in [0.4, 0.5) is 5.82 Å². The van der Waals surface area contributed by atoms with Gasteiger partial charge in [0.1, 0.15) is 5.82 Å². The maximum absolute atomic E-state index is 12.0. The summed E-state index contributed by atoms with van der Waals surface area (Å²) in [7, 11) is 0. The Morgan fingerprint density at radius 1 is 1.00 bits per heavy atom. The van der Waals surface area contributed by atoms with Gasteiger partial charge in [-0.25, -0.2) is 9.97 Å². The first-order valence-electron chi connectivity index (χ1n) is 9.35. The number of hydrogen-bond acceptors (Lipinski definition) is 4. The van der Waals surface area contributed by atoms with Crippen LogP contribution >= 0.6 is 23.2 Å². The lowest BCUT2D eigenvalue weighted by molar-refractivity contribution is -0.127. The number of amides is 1. The van der Waals surface area contributed by atoms with Gasteiger partial charge in [0.2, 0.25) is 5.91 Å². The minimum atomic E-state index is 0.147. The van der Waals surface area contributed by atoms with E-state index in [1.54, 1.807) is 0 Å². The van der Waals surface area contributed by atoms with Crippen LogP contribution in [0.5, 0.6) is 0 Å². The van der Waals surface area contributed by atoms with E-state index in [0.29, 0.717) is 34.8 Å². The smallest absolute Gasteiger partial charge is 0.223 e. The van der Waals surface area contributed by atoms with E-state index in [1.807, 2.05) is 42.5 Å². The van der Waals surface area contributed by atoms with E-state index in [1.165, 1.54) is 0 Å². The molecular weight excluding hydrogens is 395 g/mol. The average Bonchev–Trinajstić information content (AvgIpc) is 2.63. The second kappa shape index (κ2) is 8.33. The van der Waals surface area contributed by atoms with Gasteiger partial charge in [0.05, 0.1) is 5.52 Å². The highest BCUT2D eigenvalue weighted by molar-refractivity contribution is 6.31. The van der Waals surface area contributed by atoms with Crippen molar-refractivity contribution in [3.8, 4) is 11.4 Å². The molecule has 0 atom stereocenters. The maximum atomic E-state index is 12.0. The summed E-state index contributed by atoms with van der Waals surface area (Å²) in [5.74, 6) is 1.64. The Kier molecular flexibility index (Phi) is 5.64. The van der Waals surface area contributed by atoms with Gasteiger partial charge in [0, 0.05) is 40.0 Å². The van der Waals surface area contributed by atoms with E-state index < -0.39 is 0 Å². The molecule has 1 heterocycles. The third-order valence-electron chi connectivity index (χ3n) is 4.95. The van der Waals surface area contributed by atoms with E-state index in [9.17, 15) is 4.79 Å². The number of halogens is 2. The minimum absolute atomic E-state index is 0.147. The van der Waals surface area contributed by atoms with Crippen molar-refractivity contribution in [2.75, 3.05) is 18.4 Å². The molecule has 144 valence electrons. The fraction of sp³-hybridized carbons (Fsp3) is 0.286. The molecule has 1 aliphatic rings. The zero-order chi connectivity index (χ0) is 19.5. The summed E-state index contributed by atoms with van der Waals surface area (Å²) in [6.45, 7) is 1.12. The minimum Gasteiger partial charge on any atom is -0.368 e. The number of aromatic nitrogens is 2. The number of nitrogens with one attached hydrogen (secondary N) is 2. The number of anilines is 1. The number of rotatable bonds is 6. The molecule has 3 aromatic rings. The summed E-state index contributed by atoms with van der Waals surface area (Å²) in [5.41, 5.74) is 1.63. The summed E-state index contributed by atoms with van der Waals surface area (Å²) in [6.07, 6.45) is 3.15. The summed E-state index contributed by atoms with van der Waals surface area (Å²) in [5, 5.41) is 8.47. The second-order valence-corrected chi connectivity index (χ2v) is 7.78. The molecule has 0 saturated heterocycles. The molecule has 1 aromatic heterocycles. The number of fused-ring (bicyclic) bond motifs is 1. The fourth-order valence-corrected chi connectivity index (χ4v) is 3.44. The molecular formula is C21H20Cl2N4O. The van der Waals surface area contributed by atoms with Gasteiger partial charge in [0.25, 0.3) is 0 Å². The lowest BCUT2D eigenvalue weighted by Crippen LogP contribution is -2.36. The molecule has 1 fully saturated rings. The highest BCUT2D eigenvalue weighted by atomic mass is 35.5. The number of carbonyl (C=O) groups excluding carboxylic acids is 1. The van der Waals surface area contributed by atoms with Crippen molar-refractivity contribution in [1.82, 2.24) is 15.3 Å². The van der Waals surface area contributed by atoms with Gasteiger partial charge in [-0.05, 0) is 55.3 Å². The quantitative estimate of drug-likeness (QED) is 0.560. The van der Waals surface area contributed by atoms with Crippen LogP contribution in [0.15, 0.2) is 42.5 Å². The predicted molar refractivity (Wildman–Crippen MR) is 114 cm³/mol. The lowest BCUT2D eigenvalue weighted by atomic mass is 9.85. The highest BCUT2D eigenvalue weighted by Gasteiger charge is 2.24. The van der Waals surface area contributed by atoms with E-state index in [-0.39, 0.29) is 11.8 Å². The summed E-state index contributed by atoms with van der Waals surface area (Å²) in [4.78, 5) is 21.3. The first-order valence-corrected chi connectivity index (χ1v) is 10.1. The Bertz CT molecular complexity index is 1000. The molecule has 1 saturated carbocycles. The zero-order valence-electron chi connectivity index (χ0n) is 15.2. The number of carbonyl (C=O) groups is 1. The van der Waals surface area contributed by atoms with Crippen LogP contribution in [0, 0.1) is 5.92 Å². The van der Waals surface area contributed by atoms with Crippen molar-refractivity contribution in [3.05, 3.63) is 52.5 Å². The van der Waals surface area contributed by atoms with Gasteiger partial charge in [-0.1, -0.05) is 29.6 Å². The molecule has 4 rings (SSSR count). The molecule has 1 amide bonds. The first kappa shape index (κ1) is 19.0. The van der Waals surface area contributed by atoms with Crippen molar-refractivity contribution < 1.29 is 4.79 Å². The van der Waals surface area contributed by atoms with Gasteiger partial charge >= 0.3 is 0 Å². The Balaban J connectivity index is 1.55. The average molecular weight is 415 g/mol. The van der Waals surface area contributed by atoms with E-state index in [2.05, 4.69) is 20.6 Å². The third-order valence-corrected chi connectivity index (χ3v) is 5.44. The van der Waals surface area contributed by atoms with E-state index in [4.69, 9.17) is 23.2 Å². The Hall–Kier alpha value is -2.37. The highest BCUT2D eigenvalue weighted by Crippen LogP contribution is 2.28. The van der Waals surface area contributed by atoms with Crippen molar-refractivity contribution in [3.63, 3.8) is 0 Å². The molecule has 1 aliphatic carbocycles. The third kappa shape index (κ3) is 4.21. The first-order chi connectivity index (χ1) is 13.6. The Labute approximate surface area is 173 Å². The van der Waals surface area contributed by atoms with Crippen LogP contribution in [0.1, 0.15) is 19.3 Å². The molecule has 2 N–H and O–H groups in total. The SMILES string of the molecule is O=C(NCCNc1nc(-c2ccc(Cl)cc2)nc2cc(Cl)ccc12)C1CCC1. The summed E-state index contributed by atoms with van der Waals surface area (Å²) >= 11 is 12.1. The monoisotopic (exact) mass is 414 g/mol. The standard InChI is InChI=1S/C21H20Cl2N4O/c22-15-6-4-13(5-7-15)19-26-18-12-16(23)8-9-17(18)20(27-19)24-10-11-25-21(28)14-2-1-3-14/h4-9,12,14H,1-3,10-11H2,(H,25,28)(H,24,26,27). The number of nitrogens with zero attached hydrogens (tertiary/aromatic N) is 2. The van der Waals surface area contributed by atoms with Crippen LogP contribution < -0.4 is 10.6 Å². The maximum Gasteiger partial charge on any atom is 0.223 e. The van der Waals surface area contributed by atoms with Gasteiger partial charge in [0.15, 0.2) is 5.82 Å². The van der Waals surface area contributed by atoms with Crippen LogP contribution in [-0.4, -0.2) is 29.0 Å². The molecule has 0 bridgehead atoms. The van der Waals surface area contributed by atoms with Crippen molar-refractivity contribution in [1.29, 1.82) is 0 Å². The molecule has 0 radical (unpaired) electrons. The molecule has 2 aromatic carbocycles. The van der Waals surface area contributed by atoms with E-state index in [0.717, 1.165) is 35.7 Å². The van der Waals surface area contributed by atoms with Crippen molar-refractivity contribution >= 4 is 45.8 Å². The largest absolute Gasteiger partial charge is 0.368 e. The van der Waals surface area contributed by atoms with Gasteiger partial charge < -0.3 is 10.6 Å². The molecule has 28 heavy (non-hydrogen) atoms. The zero-order valence-corrected chi connectivity index (χ0v) is 16.7. The molecule has 7 heteroatoms. The molecule has 0 aliphatic heterocycles. The van der Waals surface area contributed by atoms with Gasteiger partial charge in [-0.3, -0.25) is 4.79 Å². The molecule has 0 unspecified atom stereocenters. The Morgan fingerprint density at radius 3 is 2.46 bits per heavy atom. The predicted octanol–water partition coefficient (Wildman–Crippen LogP) is 4.93. The number of benzene rings is 2. The number of hydrogen-bond donors (Lipinski definition) is 2. The molecule has 0 spiro atoms. The molecule has 5 nitrogen and oxygen atoms in total. The van der Waals surface area contributed by atoms with Crippen LogP contribution in [0.2, 0.25) is 10.0 Å². The van der Waals surface area contributed by atoms with Crippen LogP contribution in [0.25, 0.3) is 22.3 Å². The van der Waals surface area contributed by atoms with Crippen LogP contribution in [0.3, 0.4) is 0 Å².